The van der Waals surface area contributed by atoms with Gasteiger partial charge in [-0.05, 0) is 25.2 Å². The van der Waals surface area contributed by atoms with E-state index in [9.17, 15) is 0 Å². The predicted octanol–water partition coefficient (Wildman–Crippen LogP) is 3.37. The standard InChI is InChI=1S/C13H22N2S/c1-3-13-15-9-11(16-13)8-14-12-7-5-4-6-10(12)2/h9-10,12,14H,3-8H2,1-2H3. The highest BCUT2D eigenvalue weighted by Gasteiger charge is 2.20. The Morgan fingerprint density at radius 1 is 1.44 bits per heavy atom. The van der Waals surface area contributed by atoms with Crippen LogP contribution in [0.1, 0.15) is 49.4 Å². The molecule has 90 valence electrons. The van der Waals surface area contributed by atoms with Gasteiger partial charge < -0.3 is 5.32 Å². The van der Waals surface area contributed by atoms with Crippen LogP contribution in [0.25, 0.3) is 0 Å². The molecule has 1 aliphatic rings. The molecule has 16 heavy (non-hydrogen) atoms. The third-order valence-electron chi connectivity index (χ3n) is 3.55. The zero-order chi connectivity index (χ0) is 11.4. The molecule has 0 aliphatic heterocycles. The largest absolute Gasteiger partial charge is 0.309 e. The predicted molar refractivity (Wildman–Crippen MR) is 69.8 cm³/mol. The molecule has 1 heterocycles. The zero-order valence-electron chi connectivity index (χ0n) is 10.3. The highest BCUT2D eigenvalue weighted by Crippen LogP contribution is 2.24. The van der Waals surface area contributed by atoms with Crippen molar-refractivity contribution >= 4 is 11.3 Å². The van der Waals surface area contributed by atoms with Gasteiger partial charge in [0.25, 0.3) is 0 Å². The number of nitrogens with zero attached hydrogens (tertiary/aromatic N) is 1. The van der Waals surface area contributed by atoms with Crippen molar-refractivity contribution in [2.45, 2.75) is 58.5 Å². The van der Waals surface area contributed by atoms with Crippen molar-refractivity contribution in [1.29, 1.82) is 0 Å². The normalized spacial score (nSPS) is 25.9. The summed E-state index contributed by atoms with van der Waals surface area (Å²) in [5, 5.41) is 4.95. The van der Waals surface area contributed by atoms with Crippen molar-refractivity contribution in [3.63, 3.8) is 0 Å². The fourth-order valence-corrected chi connectivity index (χ4v) is 3.26. The van der Waals surface area contributed by atoms with E-state index in [0.717, 1.165) is 24.9 Å². The number of hydrogen-bond acceptors (Lipinski definition) is 3. The average molecular weight is 238 g/mol. The summed E-state index contributed by atoms with van der Waals surface area (Å²) in [5.41, 5.74) is 0. The summed E-state index contributed by atoms with van der Waals surface area (Å²) in [6.07, 6.45) is 8.64. The molecule has 0 amide bonds. The molecule has 1 N–H and O–H groups in total. The maximum atomic E-state index is 4.40. The molecule has 2 unspecified atom stereocenters. The van der Waals surface area contributed by atoms with Gasteiger partial charge in [0.15, 0.2) is 0 Å². The van der Waals surface area contributed by atoms with Crippen molar-refractivity contribution < 1.29 is 0 Å². The van der Waals surface area contributed by atoms with Gasteiger partial charge in [-0.15, -0.1) is 11.3 Å². The van der Waals surface area contributed by atoms with Crippen LogP contribution in [0.15, 0.2) is 6.20 Å². The van der Waals surface area contributed by atoms with E-state index >= 15 is 0 Å². The highest BCUT2D eigenvalue weighted by molar-refractivity contribution is 7.11. The van der Waals surface area contributed by atoms with E-state index in [1.807, 2.05) is 17.5 Å². The van der Waals surface area contributed by atoms with Crippen LogP contribution in [0, 0.1) is 5.92 Å². The van der Waals surface area contributed by atoms with Gasteiger partial charge >= 0.3 is 0 Å². The summed E-state index contributed by atoms with van der Waals surface area (Å²) in [6, 6.07) is 0.723. The lowest BCUT2D eigenvalue weighted by atomic mass is 9.86. The molecule has 0 radical (unpaired) electrons. The minimum atomic E-state index is 0.723. The summed E-state index contributed by atoms with van der Waals surface area (Å²) in [7, 11) is 0. The van der Waals surface area contributed by atoms with Gasteiger partial charge in [-0.3, -0.25) is 0 Å². The molecule has 2 atom stereocenters. The summed E-state index contributed by atoms with van der Waals surface area (Å²) in [5.74, 6) is 0.840. The van der Waals surface area contributed by atoms with E-state index in [4.69, 9.17) is 0 Å². The molecule has 1 aromatic heterocycles. The van der Waals surface area contributed by atoms with Crippen LogP contribution < -0.4 is 5.32 Å². The first-order chi connectivity index (χ1) is 7.79. The lowest BCUT2D eigenvalue weighted by Crippen LogP contribution is -2.36. The van der Waals surface area contributed by atoms with E-state index in [-0.39, 0.29) is 0 Å². The average Bonchev–Trinajstić information content (AvgIpc) is 2.76. The van der Waals surface area contributed by atoms with Crippen molar-refractivity contribution in [3.8, 4) is 0 Å². The number of aromatic nitrogens is 1. The van der Waals surface area contributed by atoms with Crippen LogP contribution in [0.2, 0.25) is 0 Å². The number of hydrogen-bond donors (Lipinski definition) is 1. The van der Waals surface area contributed by atoms with Gasteiger partial charge in [0.2, 0.25) is 0 Å². The molecule has 3 heteroatoms. The van der Waals surface area contributed by atoms with Crippen molar-refractivity contribution in [3.05, 3.63) is 16.1 Å². The van der Waals surface area contributed by atoms with Crippen molar-refractivity contribution in [1.82, 2.24) is 10.3 Å². The first kappa shape index (κ1) is 12.1. The van der Waals surface area contributed by atoms with Gasteiger partial charge in [0, 0.05) is 23.7 Å². The Morgan fingerprint density at radius 2 is 2.25 bits per heavy atom. The quantitative estimate of drug-likeness (QED) is 0.870. The first-order valence-corrected chi connectivity index (χ1v) is 7.28. The second kappa shape index (κ2) is 5.78. The molecular weight excluding hydrogens is 216 g/mol. The summed E-state index contributed by atoms with van der Waals surface area (Å²) < 4.78 is 0. The second-order valence-corrected chi connectivity index (χ2v) is 6.02. The number of aryl methyl sites for hydroxylation is 1. The SMILES string of the molecule is CCc1ncc(CNC2CCCCC2C)s1. The fraction of sp³-hybridized carbons (Fsp3) is 0.769. The van der Waals surface area contributed by atoms with Crippen LogP contribution >= 0.6 is 11.3 Å². The van der Waals surface area contributed by atoms with Crippen molar-refractivity contribution in [2.24, 2.45) is 5.92 Å². The smallest absolute Gasteiger partial charge is 0.0925 e. The maximum absolute atomic E-state index is 4.40. The molecule has 1 aromatic rings. The van der Waals surface area contributed by atoms with E-state index in [1.54, 1.807) is 0 Å². The van der Waals surface area contributed by atoms with Crippen LogP contribution in [0.5, 0.6) is 0 Å². The van der Waals surface area contributed by atoms with E-state index < -0.39 is 0 Å². The van der Waals surface area contributed by atoms with Gasteiger partial charge in [-0.1, -0.05) is 26.7 Å². The Labute approximate surface area is 102 Å². The van der Waals surface area contributed by atoms with E-state index in [0.29, 0.717) is 0 Å². The number of nitrogens with one attached hydrogen (secondary N) is 1. The van der Waals surface area contributed by atoms with Gasteiger partial charge in [-0.2, -0.15) is 0 Å². The van der Waals surface area contributed by atoms with Crippen LogP contribution in [-0.4, -0.2) is 11.0 Å². The Bertz CT molecular complexity index is 321. The summed E-state index contributed by atoms with van der Waals surface area (Å²) >= 11 is 1.85. The molecule has 1 fully saturated rings. The molecule has 0 bridgehead atoms. The summed E-state index contributed by atoms with van der Waals surface area (Å²) in [6.45, 7) is 5.55. The van der Waals surface area contributed by atoms with Crippen LogP contribution in [0.3, 0.4) is 0 Å². The molecule has 0 aromatic carbocycles. The molecule has 0 spiro atoms. The first-order valence-electron chi connectivity index (χ1n) is 6.46. The molecule has 2 nitrogen and oxygen atoms in total. The van der Waals surface area contributed by atoms with Gasteiger partial charge in [0.1, 0.15) is 0 Å². The number of rotatable bonds is 4. The Balaban J connectivity index is 1.81. The third kappa shape index (κ3) is 3.05. The molecular formula is C13H22N2S. The molecule has 2 rings (SSSR count). The van der Waals surface area contributed by atoms with Crippen molar-refractivity contribution in [2.75, 3.05) is 0 Å². The minimum absolute atomic E-state index is 0.723. The molecule has 0 saturated heterocycles. The Morgan fingerprint density at radius 3 is 2.94 bits per heavy atom. The van der Waals surface area contributed by atoms with Crippen LogP contribution in [0.4, 0.5) is 0 Å². The fourth-order valence-electron chi connectivity index (χ4n) is 2.44. The molecule has 1 aliphatic carbocycles. The van der Waals surface area contributed by atoms with Crippen LogP contribution in [-0.2, 0) is 13.0 Å². The van der Waals surface area contributed by atoms with E-state index in [1.165, 1.54) is 35.6 Å². The lowest BCUT2D eigenvalue weighted by molar-refractivity contribution is 0.280. The van der Waals surface area contributed by atoms with E-state index in [2.05, 4.69) is 24.1 Å². The third-order valence-corrected chi connectivity index (χ3v) is 4.70. The number of thiazole rings is 1. The topological polar surface area (TPSA) is 24.9 Å². The molecule has 1 saturated carbocycles. The minimum Gasteiger partial charge on any atom is -0.309 e. The zero-order valence-corrected chi connectivity index (χ0v) is 11.1. The Hall–Kier alpha value is -0.410. The lowest BCUT2D eigenvalue weighted by Gasteiger charge is -2.29. The monoisotopic (exact) mass is 238 g/mol. The maximum Gasteiger partial charge on any atom is 0.0925 e. The summed E-state index contributed by atoms with van der Waals surface area (Å²) in [4.78, 5) is 5.78. The highest BCUT2D eigenvalue weighted by atomic mass is 32.1. The van der Waals surface area contributed by atoms with Gasteiger partial charge in [0.05, 0.1) is 5.01 Å². The second-order valence-electron chi connectivity index (χ2n) is 4.82. The van der Waals surface area contributed by atoms with Gasteiger partial charge in [-0.25, -0.2) is 4.98 Å². The Kier molecular flexibility index (Phi) is 4.36.